The Bertz CT molecular complexity index is 1760. The lowest BCUT2D eigenvalue weighted by atomic mass is 10.1. The lowest BCUT2D eigenvalue weighted by Crippen LogP contribution is -2.21. The van der Waals surface area contributed by atoms with Gasteiger partial charge in [-0.2, -0.15) is 5.10 Å². The fraction of sp³-hybridized carbons (Fsp3) is 0.118. The average Bonchev–Trinajstić information content (AvgIpc) is 3.48. The number of aryl methyl sites for hydroxylation is 3. The number of anilines is 3. The number of benzene rings is 4. The quantitative estimate of drug-likeness (QED) is 0.117. The fourth-order valence-electron chi connectivity index (χ4n) is 4.16. The molecule has 9 heteroatoms. The number of nitrogens with zero attached hydrogens (tertiary/aromatic N) is 2. The summed E-state index contributed by atoms with van der Waals surface area (Å²) in [6.07, 6.45) is 1.49. The van der Waals surface area contributed by atoms with Gasteiger partial charge in [-0.05, 0) is 74.4 Å². The SMILES string of the molecule is Cc1ccc(Nc2nc(-c3ccc(C(=O)N/N=C/c4ccccc4OCC(=O)Nc4cc(C)ccc4C)cc3)cs2)cc1. The maximum absolute atomic E-state index is 12.7. The van der Waals surface area contributed by atoms with Crippen LogP contribution in [0.3, 0.4) is 0 Å². The molecule has 0 aliphatic heterocycles. The van der Waals surface area contributed by atoms with E-state index in [1.54, 1.807) is 30.3 Å². The Kier molecular flexibility index (Phi) is 9.23. The van der Waals surface area contributed by atoms with Gasteiger partial charge in [-0.15, -0.1) is 11.3 Å². The summed E-state index contributed by atoms with van der Waals surface area (Å²) in [6.45, 7) is 5.79. The Morgan fingerprint density at radius 1 is 0.907 bits per heavy atom. The second kappa shape index (κ2) is 13.6. The van der Waals surface area contributed by atoms with Gasteiger partial charge in [0.15, 0.2) is 11.7 Å². The molecule has 216 valence electrons. The summed E-state index contributed by atoms with van der Waals surface area (Å²) < 4.78 is 5.75. The number of carbonyl (C=O) groups is 2. The Labute approximate surface area is 254 Å². The minimum atomic E-state index is -0.353. The van der Waals surface area contributed by atoms with Gasteiger partial charge in [-0.3, -0.25) is 9.59 Å². The molecule has 0 saturated carbocycles. The summed E-state index contributed by atoms with van der Waals surface area (Å²) in [6, 6.07) is 28.4. The van der Waals surface area contributed by atoms with Crippen molar-refractivity contribution >= 4 is 45.9 Å². The molecule has 0 fully saturated rings. The number of ether oxygens (including phenoxy) is 1. The van der Waals surface area contributed by atoms with E-state index in [-0.39, 0.29) is 18.4 Å². The fourth-order valence-corrected chi connectivity index (χ4v) is 4.90. The summed E-state index contributed by atoms with van der Waals surface area (Å²) in [5.41, 5.74) is 10.3. The number of thiazole rings is 1. The van der Waals surface area contributed by atoms with Crippen LogP contribution in [-0.2, 0) is 4.79 Å². The van der Waals surface area contributed by atoms with Gasteiger partial charge in [0, 0.05) is 33.4 Å². The Balaban J connectivity index is 1.15. The molecule has 5 rings (SSSR count). The summed E-state index contributed by atoms with van der Waals surface area (Å²) in [4.78, 5) is 29.9. The third-order valence-electron chi connectivity index (χ3n) is 6.56. The minimum Gasteiger partial charge on any atom is -0.483 e. The zero-order valence-electron chi connectivity index (χ0n) is 24.0. The van der Waals surface area contributed by atoms with Crippen molar-refractivity contribution in [2.24, 2.45) is 5.10 Å². The number of nitrogens with one attached hydrogen (secondary N) is 3. The van der Waals surface area contributed by atoms with Crippen molar-refractivity contribution in [2.45, 2.75) is 20.8 Å². The van der Waals surface area contributed by atoms with Gasteiger partial charge in [0.25, 0.3) is 11.8 Å². The van der Waals surface area contributed by atoms with E-state index in [4.69, 9.17) is 4.74 Å². The van der Waals surface area contributed by atoms with E-state index in [1.807, 2.05) is 79.9 Å². The molecule has 0 radical (unpaired) electrons. The first-order valence-electron chi connectivity index (χ1n) is 13.7. The number of hydrogen-bond acceptors (Lipinski definition) is 7. The molecule has 8 nitrogen and oxygen atoms in total. The highest BCUT2D eigenvalue weighted by atomic mass is 32.1. The van der Waals surface area contributed by atoms with Crippen molar-refractivity contribution < 1.29 is 14.3 Å². The molecule has 4 aromatic carbocycles. The second-order valence-corrected chi connectivity index (χ2v) is 10.9. The summed E-state index contributed by atoms with van der Waals surface area (Å²) >= 11 is 1.52. The van der Waals surface area contributed by atoms with Crippen LogP contribution in [0.5, 0.6) is 5.75 Å². The molecule has 0 aliphatic carbocycles. The van der Waals surface area contributed by atoms with Crippen molar-refractivity contribution in [1.82, 2.24) is 10.4 Å². The number of hydrazone groups is 1. The zero-order valence-corrected chi connectivity index (χ0v) is 24.9. The largest absolute Gasteiger partial charge is 0.483 e. The van der Waals surface area contributed by atoms with Gasteiger partial charge in [0.2, 0.25) is 0 Å². The predicted molar refractivity (Wildman–Crippen MR) is 174 cm³/mol. The Morgan fingerprint density at radius 3 is 2.44 bits per heavy atom. The lowest BCUT2D eigenvalue weighted by Gasteiger charge is -2.11. The molecular formula is C34H31N5O3S. The maximum Gasteiger partial charge on any atom is 0.271 e. The standard InChI is InChI=1S/C34H31N5O3S/c1-22-9-16-28(17-10-22)36-34-38-30(21-43-34)25-12-14-26(15-13-25)33(41)39-35-19-27-6-4-5-7-31(27)42-20-32(40)37-29-18-23(2)8-11-24(29)3/h4-19,21H,20H2,1-3H3,(H,36,38)(H,37,40)(H,39,41)/b35-19+. The first-order valence-corrected chi connectivity index (χ1v) is 14.5. The van der Waals surface area contributed by atoms with Gasteiger partial charge >= 0.3 is 0 Å². The highest BCUT2D eigenvalue weighted by Gasteiger charge is 2.10. The Hall–Kier alpha value is -5.28. The molecule has 0 unspecified atom stereocenters. The first kappa shape index (κ1) is 29.2. The van der Waals surface area contributed by atoms with E-state index >= 15 is 0 Å². The highest BCUT2D eigenvalue weighted by molar-refractivity contribution is 7.14. The van der Waals surface area contributed by atoms with Crippen molar-refractivity contribution in [3.63, 3.8) is 0 Å². The van der Waals surface area contributed by atoms with Gasteiger partial charge in [-0.1, -0.05) is 54.1 Å². The molecule has 0 saturated heterocycles. The van der Waals surface area contributed by atoms with Gasteiger partial charge in [0.1, 0.15) is 5.75 Å². The average molecular weight is 590 g/mol. The summed E-state index contributed by atoms with van der Waals surface area (Å²) in [7, 11) is 0. The smallest absolute Gasteiger partial charge is 0.271 e. The summed E-state index contributed by atoms with van der Waals surface area (Å²) in [5.74, 6) is -0.150. The highest BCUT2D eigenvalue weighted by Crippen LogP contribution is 2.27. The number of hydrogen-bond donors (Lipinski definition) is 3. The maximum atomic E-state index is 12.7. The Morgan fingerprint density at radius 2 is 1.65 bits per heavy atom. The lowest BCUT2D eigenvalue weighted by molar-refractivity contribution is -0.118. The zero-order chi connectivity index (χ0) is 30.2. The first-order chi connectivity index (χ1) is 20.8. The third kappa shape index (κ3) is 7.93. The number of amides is 2. The normalized spacial score (nSPS) is 10.9. The van der Waals surface area contributed by atoms with E-state index in [2.05, 4.69) is 33.1 Å². The van der Waals surface area contributed by atoms with Crippen LogP contribution in [0.25, 0.3) is 11.3 Å². The van der Waals surface area contributed by atoms with Crippen LogP contribution in [0.15, 0.2) is 101 Å². The van der Waals surface area contributed by atoms with Crippen molar-refractivity contribution in [2.75, 3.05) is 17.2 Å². The van der Waals surface area contributed by atoms with Crippen LogP contribution in [-0.4, -0.2) is 29.6 Å². The molecule has 5 aromatic rings. The predicted octanol–water partition coefficient (Wildman–Crippen LogP) is 7.26. The van der Waals surface area contributed by atoms with Crippen molar-refractivity contribution in [3.05, 3.63) is 124 Å². The minimum absolute atomic E-state index is 0.167. The van der Waals surface area contributed by atoms with Crippen LogP contribution in [0.4, 0.5) is 16.5 Å². The monoisotopic (exact) mass is 589 g/mol. The third-order valence-corrected chi connectivity index (χ3v) is 7.32. The van der Waals surface area contributed by atoms with Gasteiger partial charge < -0.3 is 15.4 Å². The molecular weight excluding hydrogens is 558 g/mol. The van der Waals surface area contributed by atoms with Gasteiger partial charge in [-0.25, -0.2) is 10.4 Å². The molecule has 0 atom stereocenters. The molecule has 0 bridgehead atoms. The second-order valence-electron chi connectivity index (χ2n) is 10.00. The number of aromatic nitrogens is 1. The van der Waals surface area contributed by atoms with E-state index in [1.165, 1.54) is 23.1 Å². The van der Waals surface area contributed by atoms with Crippen LogP contribution >= 0.6 is 11.3 Å². The number of carbonyl (C=O) groups excluding carboxylic acids is 2. The molecule has 2 amide bonds. The van der Waals surface area contributed by atoms with Crippen molar-refractivity contribution in [3.8, 4) is 17.0 Å². The topological polar surface area (TPSA) is 105 Å². The van der Waals surface area contributed by atoms with E-state index in [0.717, 1.165) is 38.9 Å². The molecule has 1 aromatic heterocycles. The van der Waals surface area contributed by atoms with E-state index in [9.17, 15) is 9.59 Å². The van der Waals surface area contributed by atoms with Crippen LogP contribution < -0.4 is 20.8 Å². The molecule has 1 heterocycles. The van der Waals surface area contributed by atoms with Crippen LogP contribution in [0.2, 0.25) is 0 Å². The van der Waals surface area contributed by atoms with Gasteiger partial charge in [0.05, 0.1) is 11.9 Å². The molecule has 0 aliphatic rings. The molecule has 3 N–H and O–H groups in total. The van der Waals surface area contributed by atoms with Crippen molar-refractivity contribution in [1.29, 1.82) is 0 Å². The molecule has 0 spiro atoms. The van der Waals surface area contributed by atoms with E-state index < -0.39 is 0 Å². The number of para-hydroxylation sites is 1. The van der Waals surface area contributed by atoms with Crippen LogP contribution in [0, 0.1) is 20.8 Å². The number of rotatable bonds is 10. The molecule has 43 heavy (non-hydrogen) atoms. The summed E-state index contributed by atoms with van der Waals surface area (Å²) in [5, 5.41) is 13.1. The van der Waals surface area contributed by atoms with E-state index in [0.29, 0.717) is 16.9 Å². The van der Waals surface area contributed by atoms with Crippen LogP contribution in [0.1, 0.15) is 32.6 Å².